The van der Waals surface area contributed by atoms with Crippen molar-refractivity contribution in [1.29, 1.82) is 0 Å². The SMILES string of the molecule is O=C(CN1CCN(S(=O)(=O)c2ccccc2Cl)CC1)Nc1ccccc1Br. The minimum absolute atomic E-state index is 0.117. The van der Waals surface area contributed by atoms with Crippen molar-refractivity contribution in [1.82, 2.24) is 9.21 Å². The highest BCUT2D eigenvalue weighted by molar-refractivity contribution is 9.10. The van der Waals surface area contributed by atoms with Gasteiger partial charge in [-0.25, -0.2) is 8.42 Å². The van der Waals surface area contributed by atoms with Gasteiger partial charge in [0.1, 0.15) is 4.90 Å². The van der Waals surface area contributed by atoms with E-state index in [0.29, 0.717) is 31.9 Å². The van der Waals surface area contributed by atoms with Gasteiger partial charge in [-0.1, -0.05) is 35.9 Å². The molecule has 1 fully saturated rings. The van der Waals surface area contributed by atoms with Crippen LogP contribution < -0.4 is 5.32 Å². The molecule has 144 valence electrons. The maximum atomic E-state index is 12.8. The van der Waals surface area contributed by atoms with Crippen molar-refractivity contribution in [2.24, 2.45) is 0 Å². The van der Waals surface area contributed by atoms with E-state index in [4.69, 9.17) is 11.6 Å². The Hall–Kier alpha value is -1.45. The van der Waals surface area contributed by atoms with E-state index in [1.165, 1.54) is 10.4 Å². The number of para-hydroxylation sites is 1. The Balaban J connectivity index is 1.57. The lowest BCUT2D eigenvalue weighted by Gasteiger charge is -2.33. The second-order valence-corrected chi connectivity index (χ2v) is 9.31. The number of piperazine rings is 1. The van der Waals surface area contributed by atoms with Gasteiger partial charge in [-0.15, -0.1) is 0 Å². The molecular formula is C18H19BrClN3O3S. The normalized spacial score (nSPS) is 16.2. The van der Waals surface area contributed by atoms with E-state index in [2.05, 4.69) is 21.2 Å². The van der Waals surface area contributed by atoms with Crippen molar-refractivity contribution in [3.05, 3.63) is 58.0 Å². The Morgan fingerprint density at radius 3 is 2.33 bits per heavy atom. The number of halogens is 2. The lowest BCUT2D eigenvalue weighted by Crippen LogP contribution is -2.50. The molecule has 0 saturated carbocycles. The molecule has 1 N–H and O–H groups in total. The highest BCUT2D eigenvalue weighted by Crippen LogP contribution is 2.25. The fraction of sp³-hybridized carbons (Fsp3) is 0.278. The molecule has 0 bridgehead atoms. The summed E-state index contributed by atoms with van der Waals surface area (Å²) in [4.78, 5) is 14.3. The Morgan fingerprint density at radius 2 is 1.67 bits per heavy atom. The van der Waals surface area contributed by atoms with E-state index in [0.717, 1.165) is 4.47 Å². The topological polar surface area (TPSA) is 69.7 Å². The van der Waals surface area contributed by atoms with E-state index >= 15 is 0 Å². The second kappa shape index (κ2) is 8.70. The second-order valence-electron chi connectivity index (χ2n) is 6.14. The number of nitrogens with one attached hydrogen (secondary N) is 1. The predicted molar refractivity (Wildman–Crippen MR) is 109 cm³/mol. The number of carbonyl (C=O) groups excluding carboxylic acids is 1. The molecule has 2 aromatic carbocycles. The number of carbonyl (C=O) groups is 1. The monoisotopic (exact) mass is 471 g/mol. The molecule has 0 atom stereocenters. The summed E-state index contributed by atoms with van der Waals surface area (Å²) in [6.45, 7) is 1.80. The molecule has 1 aliphatic heterocycles. The smallest absolute Gasteiger partial charge is 0.244 e. The van der Waals surface area contributed by atoms with Crippen LogP contribution in [0.15, 0.2) is 57.9 Å². The lowest BCUT2D eigenvalue weighted by molar-refractivity contribution is -0.117. The quantitative estimate of drug-likeness (QED) is 0.726. The molecule has 1 amide bonds. The zero-order valence-electron chi connectivity index (χ0n) is 14.4. The van der Waals surface area contributed by atoms with E-state index in [1.807, 2.05) is 29.2 Å². The van der Waals surface area contributed by atoms with Gasteiger partial charge in [-0.3, -0.25) is 9.69 Å². The molecule has 0 aromatic heterocycles. The van der Waals surface area contributed by atoms with Crippen LogP contribution in [0.5, 0.6) is 0 Å². The van der Waals surface area contributed by atoms with Crippen LogP contribution in [0, 0.1) is 0 Å². The molecule has 6 nitrogen and oxygen atoms in total. The first-order chi connectivity index (χ1) is 12.9. The van der Waals surface area contributed by atoms with E-state index in [9.17, 15) is 13.2 Å². The Labute approximate surface area is 172 Å². The molecule has 1 heterocycles. The Morgan fingerprint density at radius 1 is 1.04 bits per heavy atom. The number of amides is 1. The van der Waals surface area contributed by atoms with Gasteiger partial charge < -0.3 is 5.32 Å². The minimum Gasteiger partial charge on any atom is -0.324 e. The van der Waals surface area contributed by atoms with Crippen LogP contribution in [-0.4, -0.2) is 56.3 Å². The van der Waals surface area contributed by atoms with Crippen LogP contribution in [0.3, 0.4) is 0 Å². The number of hydrogen-bond donors (Lipinski definition) is 1. The van der Waals surface area contributed by atoms with Crippen molar-refractivity contribution in [2.45, 2.75) is 4.90 Å². The molecule has 9 heteroatoms. The number of nitrogens with zero attached hydrogens (tertiary/aromatic N) is 2. The van der Waals surface area contributed by atoms with Crippen molar-refractivity contribution in [3.8, 4) is 0 Å². The summed E-state index contributed by atoms with van der Waals surface area (Å²) < 4.78 is 27.7. The number of sulfonamides is 1. The summed E-state index contributed by atoms with van der Waals surface area (Å²) in [5.74, 6) is -0.135. The summed E-state index contributed by atoms with van der Waals surface area (Å²) >= 11 is 9.44. The van der Waals surface area contributed by atoms with Gasteiger partial charge in [0.05, 0.1) is 17.3 Å². The Kier molecular flexibility index (Phi) is 6.54. The molecule has 27 heavy (non-hydrogen) atoms. The molecule has 0 aliphatic carbocycles. The molecule has 0 unspecified atom stereocenters. The van der Waals surface area contributed by atoms with E-state index in [-0.39, 0.29) is 22.4 Å². The van der Waals surface area contributed by atoms with Crippen LogP contribution in [-0.2, 0) is 14.8 Å². The predicted octanol–water partition coefficient (Wildman–Crippen LogP) is 3.05. The lowest BCUT2D eigenvalue weighted by atomic mass is 10.3. The standard InChI is InChI=1S/C18H19BrClN3O3S/c19-14-5-1-3-7-16(14)21-18(24)13-22-9-11-23(12-10-22)27(25,26)17-8-4-2-6-15(17)20/h1-8H,9-13H2,(H,21,24). The zero-order chi connectivity index (χ0) is 19.4. The van der Waals surface area contributed by atoms with Gasteiger partial charge in [0.2, 0.25) is 15.9 Å². The summed E-state index contributed by atoms with van der Waals surface area (Å²) in [7, 11) is -3.63. The fourth-order valence-electron chi connectivity index (χ4n) is 2.88. The van der Waals surface area contributed by atoms with Gasteiger partial charge in [0, 0.05) is 30.7 Å². The molecule has 1 saturated heterocycles. The van der Waals surface area contributed by atoms with Gasteiger partial charge >= 0.3 is 0 Å². The third-order valence-electron chi connectivity index (χ3n) is 4.30. The van der Waals surface area contributed by atoms with Crippen LogP contribution in [0.4, 0.5) is 5.69 Å². The first-order valence-corrected chi connectivity index (χ1v) is 11.0. The third kappa shape index (κ3) is 4.89. The summed E-state index contributed by atoms with van der Waals surface area (Å²) in [6.07, 6.45) is 0. The van der Waals surface area contributed by atoms with E-state index in [1.54, 1.807) is 18.2 Å². The fourth-order valence-corrected chi connectivity index (χ4v) is 5.18. The zero-order valence-corrected chi connectivity index (χ0v) is 17.6. The number of rotatable bonds is 5. The average Bonchev–Trinajstić information content (AvgIpc) is 2.64. The van der Waals surface area contributed by atoms with Crippen molar-refractivity contribution < 1.29 is 13.2 Å². The number of hydrogen-bond acceptors (Lipinski definition) is 4. The molecule has 2 aromatic rings. The third-order valence-corrected chi connectivity index (χ3v) is 7.39. The molecular weight excluding hydrogens is 454 g/mol. The minimum atomic E-state index is -3.63. The largest absolute Gasteiger partial charge is 0.324 e. The maximum absolute atomic E-state index is 12.8. The number of benzene rings is 2. The van der Waals surface area contributed by atoms with Crippen molar-refractivity contribution in [2.75, 3.05) is 38.0 Å². The van der Waals surface area contributed by atoms with Crippen molar-refractivity contribution in [3.63, 3.8) is 0 Å². The van der Waals surface area contributed by atoms with E-state index < -0.39 is 10.0 Å². The average molecular weight is 473 g/mol. The highest BCUT2D eigenvalue weighted by Gasteiger charge is 2.30. The highest BCUT2D eigenvalue weighted by atomic mass is 79.9. The van der Waals surface area contributed by atoms with Gasteiger partial charge in [-0.2, -0.15) is 4.31 Å². The van der Waals surface area contributed by atoms with Crippen molar-refractivity contribution >= 4 is 49.1 Å². The number of anilines is 1. The van der Waals surface area contributed by atoms with Crippen LogP contribution in [0.25, 0.3) is 0 Å². The Bertz CT molecular complexity index is 931. The molecule has 0 spiro atoms. The van der Waals surface area contributed by atoms with Gasteiger partial charge in [0.25, 0.3) is 0 Å². The van der Waals surface area contributed by atoms with Gasteiger partial charge in [0.15, 0.2) is 0 Å². The summed E-state index contributed by atoms with van der Waals surface area (Å²) in [6, 6.07) is 13.8. The first kappa shape index (κ1) is 20.3. The van der Waals surface area contributed by atoms with Crippen LogP contribution >= 0.6 is 27.5 Å². The first-order valence-electron chi connectivity index (χ1n) is 8.39. The summed E-state index contributed by atoms with van der Waals surface area (Å²) in [5.41, 5.74) is 0.711. The summed E-state index contributed by atoms with van der Waals surface area (Å²) in [5, 5.41) is 3.07. The van der Waals surface area contributed by atoms with Gasteiger partial charge in [-0.05, 0) is 40.2 Å². The molecule has 3 rings (SSSR count). The molecule has 1 aliphatic rings. The molecule has 0 radical (unpaired) electrons. The van der Waals surface area contributed by atoms with Crippen LogP contribution in [0.1, 0.15) is 0 Å². The van der Waals surface area contributed by atoms with Crippen LogP contribution in [0.2, 0.25) is 5.02 Å². The maximum Gasteiger partial charge on any atom is 0.244 e.